The average Bonchev–Trinajstić information content (AvgIpc) is 2.89. The van der Waals surface area contributed by atoms with Crippen molar-refractivity contribution in [1.29, 1.82) is 10.5 Å². The third-order valence-electron chi connectivity index (χ3n) is 2.28. The minimum atomic E-state index is 0.599. The monoisotopic (exact) mass is 236 g/mol. The van der Waals surface area contributed by atoms with Crippen LogP contribution in [0, 0.1) is 22.7 Å². The fraction of sp³-hybridized carbons (Fsp3) is 0. The first-order chi connectivity index (χ1) is 8.33. The van der Waals surface area contributed by atoms with Crippen LogP contribution >= 0.6 is 11.3 Å². The summed E-state index contributed by atoms with van der Waals surface area (Å²) in [5.74, 6) is 0. The molecule has 3 heteroatoms. The zero-order valence-electron chi connectivity index (χ0n) is 8.92. The Bertz CT molecular complexity index is 608. The number of rotatable bonds is 2. The molecule has 0 spiro atoms. The second-order valence-electron chi connectivity index (χ2n) is 3.37. The Balaban J connectivity index is 2.37. The second-order valence-corrected chi connectivity index (χ2v) is 4.35. The van der Waals surface area contributed by atoms with Gasteiger partial charge in [-0.05, 0) is 35.2 Å². The van der Waals surface area contributed by atoms with Crippen LogP contribution in [0.1, 0.15) is 16.0 Å². The van der Waals surface area contributed by atoms with Crippen molar-refractivity contribution in [2.24, 2.45) is 0 Å². The lowest BCUT2D eigenvalue weighted by molar-refractivity contribution is 1.47. The summed E-state index contributed by atoms with van der Waals surface area (Å²) in [5, 5.41) is 19.8. The molecule has 1 aromatic carbocycles. The van der Waals surface area contributed by atoms with Gasteiger partial charge in [0.15, 0.2) is 0 Å². The normalized spacial score (nSPS) is 10.6. The van der Waals surface area contributed by atoms with Crippen LogP contribution in [0.3, 0.4) is 0 Å². The van der Waals surface area contributed by atoms with E-state index < -0.39 is 0 Å². The number of hydrogen-bond donors (Lipinski definition) is 0. The Morgan fingerprint density at radius 3 is 2.41 bits per heavy atom. The molecule has 17 heavy (non-hydrogen) atoms. The van der Waals surface area contributed by atoms with E-state index in [9.17, 15) is 0 Å². The highest BCUT2D eigenvalue weighted by molar-refractivity contribution is 7.10. The summed E-state index contributed by atoms with van der Waals surface area (Å²) in [6, 6.07) is 15.2. The molecule has 0 bridgehead atoms. The topological polar surface area (TPSA) is 47.6 Å². The van der Waals surface area contributed by atoms with Crippen molar-refractivity contribution in [2.75, 3.05) is 0 Å². The summed E-state index contributed by atoms with van der Waals surface area (Å²) >= 11 is 1.59. The molecule has 2 nitrogen and oxygen atoms in total. The SMILES string of the molecule is N#C/C(=C\c1cccs1)c1ccc(C#N)cc1. The quantitative estimate of drug-likeness (QED) is 0.747. The van der Waals surface area contributed by atoms with E-state index in [1.165, 1.54) is 0 Å². The summed E-state index contributed by atoms with van der Waals surface area (Å²) in [6.07, 6.45) is 1.85. The molecular formula is C14H8N2S. The lowest BCUT2D eigenvalue weighted by Crippen LogP contribution is -1.82. The third kappa shape index (κ3) is 2.60. The summed E-state index contributed by atoms with van der Waals surface area (Å²) in [7, 11) is 0. The first-order valence-electron chi connectivity index (χ1n) is 4.99. The Kier molecular flexibility index (Phi) is 3.35. The van der Waals surface area contributed by atoms with Gasteiger partial charge in [-0.3, -0.25) is 0 Å². The van der Waals surface area contributed by atoms with Crippen molar-refractivity contribution in [3.8, 4) is 12.1 Å². The van der Waals surface area contributed by atoms with Gasteiger partial charge in [0, 0.05) is 4.88 Å². The van der Waals surface area contributed by atoms with Crippen LogP contribution in [0.15, 0.2) is 41.8 Å². The Hall–Kier alpha value is -2.36. The molecule has 0 amide bonds. The summed E-state index contributed by atoms with van der Waals surface area (Å²) < 4.78 is 0. The molecule has 0 saturated carbocycles. The van der Waals surface area contributed by atoms with Crippen LogP contribution in [-0.2, 0) is 0 Å². The third-order valence-corrected chi connectivity index (χ3v) is 3.09. The largest absolute Gasteiger partial charge is 0.192 e. The highest BCUT2D eigenvalue weighted by Gasteiger charge is 2.01. The zero-order chi connectivity index (χ0) is 12.1. The van der Waals surface area contributed by atoms with E-state index >= 15 is 0 Å². The van der Waals surface area contributed by atoms with Crippen molar-refractivity contribution < 1.29 is 0 Å². The summed E-state index contributed by atoms with van der Waals surface area (Å²) in [4.78, 5) is 1.05. The molecule has 80 valence electrons. The number of hydrogen-bond acceptors (Lipinski definition) is 3. The van der Waals surface area contributed by atoms with E-state index in [0.29, 0.717) is 11.1 Å². The molecular weight excluding hydrogens is 228 g/mol. The van der Waals surface area contributed by atoms with Gasteiger partial charge in [0.2, 0.25) is 0 Å². The number of nitriles is 2. The second kappa shape index (κ2) is 5.12. The number of allylic oxidation sites excluding steroid dienone is 1. The minimum Gasteiger partial charge on any atom is -0.192 e. The maximum absolute atomic E-state index is 9.13. The number of nitrogens with zero attached hydrogens (tertiary/aromatic N) is 2. The lowest BCUT2D eigenvalue weighted by atomic mass is 10.0. The van der Waals surface area contributed by atoms with Crippen molar-refractivity contribution >= 4 is 23.0 Å². The van der Waals surface area contributed by atoms with Gasteiger partial charge in [0.25, 0.3) is 0 Å². The number of thiophene rings is 1. The highest BCUT2D eigenvalue weighted by Crippen LogP contribution is 2.20. The van der Waals surface area contributed by atoms with Gasteiger partial charge in [0.1, 0.15) is 0 Å². The molecule has 0 radical (unpaired) electrons. The van der Waals surface area contributed by atoms with Crippen molar-refractivity contribution in [1.82, 2.24) is 0 Å². The number of benzene rings is 1. The summed E-state index contributed by atoms with van der Waals surface area (Å²) in [6.45, 7) is 0. The van der Waals surface area contributed by atoms with E-state index in [1.807, 2.05) is 23.6 Å². The van der Waals surface area contributed by atoms with Gasteiger partial charge >= 0.3 is 0 Å². The maximum atomic E-state index is 9.13. The molecule has 0 unspecified atom stereocenters. The van der Waals surface area contributed by atoms with E-state index in [-0.39, 0.29) is 0 Å². The van der Waals surface area contributed by atoms with Gasteiger partial charge in [-0.15, -0.1) is 11.3 Å². The first kappa shape index (κ1) is 11.1. The molecule has 0 fully saturated rings. The van der Waals surface area contributed by atoms with Crippen LogP contribution in [-0.4, -0.2) is 0 Å². The molecule has 0 aliphatic rings. The van der Waals surface area contributed by atoms with E-state index in [2.05, 4.69) is 12.1 Å². The maximum Gasteiger partial charge on any atom is 0.0998 e. The van der Waals surface area contributed by atoms with Crippen molar-refractivity contribution in [2.45, 2.75) is 0 Å². The predicted octanol–water partition coefficient (Wildman–Crippen LogP) is 3.68. The predicted molar refractivity (Wildman–Crippen MR) is 69.0 cm³/mol. The minimum absolute atomic E-state index is 0.599. The van der Waals surface area contributed by atoms with Crippen LogP contribution in [0.5, 0.6) is 0 Å². The van der Waals surface area contributed by atoms with E-state index in [1.54, 1.807) is 35.6 Å². The van der Waals surface area contributed by atoms with Gasteiger partial charge in [-0.2, -0.15) is 10.5 Å². The fourth-order valence-corrected chi connectivity index (χ4v) is 2.08. The summed E-state index contributed by atoms with van der Waals surface area (Å²) in [5.41, 5.74) is 2.04. The zero-order valence-corrected chi connectivity index (χ0v) is 9.74. The fourth-order valence-electron chi connectivity index (χ4n) is 1.42. The average molecular weight is 236 g/mol. The molecule has 1 aromatic heterocycles. The first-order valence-corrected chi connectivity index (χ1v) is 5.87. The van der Waals surface area contributed by atoms with Crippen molar-refractivity contribution in [3.05, 3.63) is 57.8 Å². The molecule has 2 rings (SSSR count). The molecule has 0 atom stereocenters. The van der Waals surface area contributed by atoms with Gasteiger partial charge < -0.3 is 0 Å². The van der Waals surface area contributed by atoms with Gasteiger partial charge in [0.05, 0.1) is 23.3 Å². The van der Waals surface area contributed by atoms with E-state index in [4.69, 9.17) is 10.5 Å². The molecule has 0 aliphatic carbocycles. The molecule has 1 heterocycles. The van der Waals surface area contributed by atoms with E-state index in [0.717, 1.165) is 10.4 Å². The molecule has 0 N–H and O–H groups in total. The molecule has 0 aliphatic heterocycles. The smallest absolute Gasteiger partial charge is 0.0998 e. The Morgan fingerprint density at radius 1 is 1.12 bits per heavy atom. The Labute approximate surface area is 104 Å². The lowest BCUT2D eigenvalue weighted by Gasteiger charge is -1.98. The Morgan fingerprint density at radius 2 is 1.88 bits per heavy atom. The molecule has 0 saturated heterocycles. The van der Waals surface area contributed by atoms with Crippen molar-refractivity contribution in [3.63, 3.8) is 0 Å². The standard InChI is InChI=1S/C14H8N2S/c15-9-11-3-5-12(6-4-11)13(10-16)8-14-2-1-7-17-14/h1-8H/b13-8+. The van der Waals surface area contributed by atoms with Gasteiger partial charge in [-0.25, -0.2) is 0 Å². The molecule has 2 aromatic rings. The van der Waals surface area contributed by atoms with Gasteiger partial charge in [-0.1, -0.05) is 18.2 Å². The van der Waals surface area contributed by atoms with Crippen LogP contribution in [0.2, 0.25) is 0 Å². The van der Waals surface area contributed by atoms with Crippen LogP contribution in [0.4, 0.5) is 0 Å². The highest BCUT2D eigenvalue weighted by atomic mass is 32.1. The van der Waals surface area contributed by atoms with Crippen LogP contribution < -0.4 is 0 Å². The van der Waals surface area contributed by atoms with Crippen LogP contribution in [0.25, 0.3) is 11.6 Å².